The summed E-state index contributed by atoms with van der Waals surface area (Å²) in [6.07, 6.45) is 2.03. The summed E-state index contributed by atoms with van der Waals surface area (Å²) in [5, 5.41) is 10.5. The highest BCUT2D eigenvalue weighted by Gasteiger charge is 2.35. The molecule has 1 aliphatic heterocycles. The fraction of sp³-hybridized carbons (Fsp3) is 0.500. The van der Waals surface area contributed by atoms with E-state index in [1.54, 1.807) is 0 Å². The molecule has 2 rings (SSSR count). The summed E-state index contributed by atoms with van der Waals surface area (Å²) < 4.78 is 24.3. The monoisotopic (exact) mass is 319 g/mol. The van der Waals surface area contributed by atoms with Crippen LogP contribution in [0.2, 0.25) is 0 Å². The summed E-state index contributed by atoms with van der Waals surface area (Å²) >= 11 is 0.977. The molecule has 0 aliphatic carbocycles. The minimum absolute atomic E-state index is 0.0503. The minimum Gasteiger partial charge on any atom is -0.480 e. The molecule has 2 N–H and O–H groups in total. The van der Waals surface area contributed by atoms with Crippen molar-refractivity contribution in [3.8, 4) is 0 Å². The van der Waals surface area contributed by atoms with E-state index in [1.807, 2.05) is 0 Å². The Morgan fingerprint density at radius 1 is 1.55 bits per heavy atom. The number of rotatable bonds is 4. The van der Waals surface area contributed by atoms with Crippen molar-refractivity contribution in [2.24, 2.45) is 0 Å². The molecule has 0 spiro atoms. The summed E-state index contributed by atoms with van der Waals surface area (Å²) in [5.41, 5.74) is 0.0503. The first-order valence-corrected chi connectivity index (χ1v) is 8.52. The largest absolute Gasteiger partial charge is 0.480 e. The first kappa shape index (κ1) is 14.7. The van der Waals surface area contributed by atoms with E-state index in [2.05, 4.69) is 9.71 Å². The van der Waals surface area contributed by atoms with Crippen LogP contribution in [0.3, 0.4) is 0 Å². The van der Waals surface area contributed by atoms with Crippen molar-refractivity contribution in [3.63, 3.8) is 0 Å². The molecule has 1 atom stereocenters. The van der Waals surface area contributed by atoms with Gasteiger partial charge in [-0.15, -0.1) is 11.3 Å². The number of aromatic nitrogens is 1. The van der Waals surface area contributed by atoms with Gasteiger partial charge in [-0.1, -0.05) is 0 Å². The van der Waals surface area contributed by atoms with Crippen LogP contribution in [0, 0.1) is 0 Å². The number of aliphatic carboxylic acids is 1. The van der Waals surface area contributed by atoms with Crippen LogP contribution in [-0.2, 0) is 14.8 Å². The van der Waals surface area contributed by atoms with Crippen LogP contribution >= 0.6 is 11.3 Å². The molecule has 0 aromatic carbocycles. The number of nitrogens with one attached hydrogen (secondary N) is 1. The second kappa shape index (κ2) is 5.37. The summed E-state index contributed by atoms with van der Waals surface area (Å²) in [6.45, 7) is 0.363. The van der Waals surface area contributed by atoms with E-state index >= 15 is 0 Å². The van der Waals surface area contributed by atoms with E-state index in [1.165, 1.54) is 10.3 Å². The highest BCUT2D eigenvalue weighted by molar-refractivity contribution is 7.92. The Balaban J connectivity index is 2.16. The molecule has 20 heavy (non-hydrogen) atoms. The first-order chi connectivity index (χ1) is 9.28. The Kier molecular flexibility index (Phi) is 3.95. The van der Waals surface area contributed by atoms with Gasteiger partial charge in [0, 0.05) is 11.9 Å². The van der Waals surface area contributed by atoms with Crippen molar-refractivity contribution in [3.05, 3.63) is 11.1 Å². The predicted molar refractivity (Wildman–Crippen MR) is 72.3 cm³/mol. The number of carbonyl (C=O) groups is 2. The summed E-state index contributed by atoms with van der Waals surface area (Å²) in [4.78, 5) is 28.3. The molecule has 110 valence electrons. The van der Waals surface area contributed by atoms with Crippen molar-refractivity contribution in [1.29, 1.82) is 0 Å². The third kappa shape index (κ3) is 3.25. The lowest BCUT2D eigenvalue weighted by atomic mass is 10.2. The number of anilines is 1. The van der Waals surface area contributed by atoms with Gasteiger partial charge < -0.3 is 10.0 Å². The number of nitrogens with zero attached hydrogens (tertiary/aromatic N) is 2. The number of carboxylic acids is 1. The lowest BCUT2D eigenvalue weighted by Crippen LogP contribution is -2.40. The van der Waals surface area contributed by atoms with E-state index < -0.39 is 27.9 Å². The van der Waals surface area contributed by atoms with E-state index in [-0.39, 0.29) is 10.8 Å². The molecule has 1 aromatic rings. The normalized spacial score (nSPS) is 19.1. The van der Waals surface area contributed by atoms with Crippen LogP contribution in [0.4, 0.5) is 5.13 Å². The molecule has 1 amide bonds. The molecule has 1 saturated heterocycles. The third-order valence-electron chi connectivity index (χ3n) is 2.79. The lowest BCUT2D eigenvalue weighted by molar-refractivity contribution is -0.141. The van der Waals surface area contributed by atoms with Crippen LogP contribution in [-0.4, -0.2) is 54.1 Å². The van der Waals surface area contributed by atoms with Gasteiger partial charge in [0.25, 0.3) is 5.91 Å². The molecule has 1 unspecified atom stereocenters. The van der Waals surface area contributed by atoms with Crippen LogP contribution in [0.5, 0.6) is 0 Å². The van der Waals surface area contributed by atoms with Crippen molar-refractivity contribution in [1.82, 2.24) is 9.88 Å². The van der Waals surface area contributed by atoms with Gasteiger partial charge in [0.05, 0.1) is 6.26 Å². The highest BCUT2D eigenvalue weighted by atomic mass is 32.2. The molecule has 0 saturated carbocycles. The SMILES string of the molecule is CS(=O)(=O)Nc1nc(C(=O)N2CCCC2C(=O)O)cs1. The number of sulfonamides is 1. The first-order valence-electron chi connectivity index (χ1n) is 5.75. The molecular formula is C10H13N3O5S2. The number of hydrogen-bond acceptors (Lipinski definition) is 6. The molecule has 1 aliphatic rings. The van der Waals surface area contributed by atoms with Gasteiger partial charge in [-0.05, 0) is 12.8 Å². The lowest BCUT2D eigenvalue weighted by Gasteiger charge is -2.20. The molecule has 0 radical (unpaired) electrons. The average molecular weight is 319 g/mol. The number of thiazole rings is 1. The molecule has 1 fully saturated rings. The molecule has 8 nitrogen and oxygen atoms in total. The van der Waals surface area contributed by atoms with E-state index in [9.17, 15) is 18.0 Å². The summed E-state index contributed by atoms with van der Waals surface area (Å²) in [5.74, 6) is -1.53. The van der Waals surface area contributed by atoms with Gasteiger partial charge in [-0.3, -0.25) is 9.52 Å². The Bertz CT molecular complexity index is 639. The zero-order chi connectivity index (χ0) is 14.9. The smallest absolute Gasteiger partial charge is 0.326 e. The Morgan fingerprint density at radius 3 is 2.85 bits per heavy atom. The van der Waals surface area contributed by atoms with Crippen LogP contribution < -0.4 is 4.72 Å². The summed E-state index contributed by atoms with van der Waals surface area (Å²) in [6, 6.07) is -0.837. The Labute approximate surface area is 119 Å². The average Bonchev–Trinajstić information content (AvgIpc) is 2.93. The number of carboxylic acid groups (broad SMARTS) is 1. The van der Waals surface area contributed by atoms with Gasteiger partial charge >= 0.3 is 5.97 Å². The zero-order valence-corrected chi connectivity index (χ0v) is 12.2. The van der Waals surface area contributed by atoms with Crippen molar-refractivity contribution in [2.75, 3.05) is 17.5 Å². The fourth-order valence-electron chi connectivity index (χ4n) is 1.99. The maximum atomic E-state index is 12.2. The topological polar surface area (TPSA) is 117 Å². The number of amides is 1. The van der Waals surface area contributed by atoms with Gasteiger partial charge in [-0.25, -0.2) is 18.2 Å². The van der Waals surface area contributed by atoms with Crippen molar-refractivity contribution >= 4 is 38.4 Å². The molecule has 0 bridgehead atoms. The second-order valence-corrected chi connectivity index (χ2v) is 7.01. The Morgan fingerprint density at radius 2 is 2.25 bits per heavy atom. The summed E-state index contributed by atoms with van der Waals surface area (Å²) in [7, 11) is -3.45. The quantitative estimate of drug-likeness (QED) is 0.819. The molecule has 1 aromatic heterocycles. The third-order valence-corrected chi connectivity index (χ3v) is 4.25. The van der Waals surface area contributed by atoms with Gasteiger partial charge in [0.2, 0.25) is 10.0 Å². The van der Waals surface area contributed by atoms with Gasteiger partial charge in [0.1, 0.15) is 11.7 Å². The van der Waals surface area contributed by atoms with E-state index in [0.29, 0.717) is 19.4 Å². The van der Waals surface area contributed by atoms with E-state index in [4.69, 9.17) is 5.11 Å². The van der Waals surface area contributed by atoms with Gasteiger partial charge in [0.15, 0.2) is 5.13 Å². The van der Waals surface area contributed by atoms with Crippen LogP contribution in [0.1, 0.15) is 23.3 Å². The predicted octanol–water partition coefficient (Wildman–Crippen LogP) is 0.204. The van der Waals surface area contributed by atoms with Crippen molar-refractivity contribution in [2.45, 2.75) is 18.9 Å². The second-order valence-electron chi connectivity index (χ2n) is 4.41. The maximum absolute atomic E-state index is 12.2. The fourth-order valence-corrected chi connectivity index (χ4v) is 3.53. The minimum atomic E-state index is -3.45. The molecule has 2 heterocycles. The number of carbonyl (C=O) groups excluding carboxylic acids is 1. The van der Waals surface area contributed by atoms with Crippen LogP contribution in [0.15, 0.2) is 5.38 Å². The van der Waals surface area contributed by atoms with E-state index in [0.717, 1.165) is 17.6 Å². The standard InChI is InChI=1S/C10H13N3O5S2/c1-20(17,18)12-10-11-6(5-19-10)8(14)13-4-2-3-7(13)9(15)16/h5,7H,2-4H2,1H3,(H,11,12)(H,15,16). The molecule has 10 heteroatoms. The zero-order valence-electron chi connectivity index (χ0n) is 10.6. The number of likely N-dealkylation sites (tertiary alicyclic amines) is 1. The van der Waals surface area contributed by atoms with Gasteiger partial charge in [-0.2, -0.15) is 0 Å². The maximum Gasteiger partial charge on any atom is 0.326 e. The number of hydrogen-bond donors (Lipinski definition) is 2. The van der Waals surface area contributed by atoms with Crippen molar-refractivity contribution < 1.29 is 23.1 Å². The van der Waals surface area contributed by atoms with Crippen LogP contribution in [0.25, 0.3) is 0 Å². The highest BCUT2D eigenvalue weighted by Crippen LogP contribution is 2.23. The Hall–Kier alpha value is -1.68. The molecular weight excluding hydrogens is 306 g/mol.